The molecule has 1 amide bonds. The number of amides is 1. The van der Waals surface area contributed by atoms with Crippen LogP contribution in [0.1, 0.15) is 32.3 Å². The first kappa shape index (κ1) is 21.2. The number of hydrogen-bond donors (Lipinski definition) is 0. The maximum absolute atomic E-state index is 13.6. The van der Waals surface area contributed by atoms with Gasteiger partial charge in [-0.2, -0.15) is 18.2 Å². The third-order valence-electron chi connectivity index (χ3n) is 5.08. The highest BCUT2D eigenvalue weighted by Crippen LogP contribution is 2.45. The van der Waals surface area contributed by atoms with Gasteiger partial charge in [0.1, 0.15) is 0 Å². The van der Waals surface area contributed by atoms with E-state index in [1.165, 1.54) is 23.1 Å². The molecule has 0 bridgehead atoms. The number of para-hydroxylation sites is 1. The number of sulfone groups is 1. The quantitative estimate of drug-likeness (QED) is 0.722. The van der Waals surface area contributed by atoms with Crippen LogP contribution < -0.4 is 4.90 Å². The summed E-state index contributed by atoms with van der Waals surface area (Å²) in [5.41, 5.74) is -1.04. The number of carbonyl (C=O) groups is 1. The number of halogens is 3. The lowest BCUT2D eigenvalue weighted by Gasteiger charge is -2.27. The van der Waals surface area contributed by atoms with Crippen molar-refractivity contribution in [2.75, 3.05) is 16.4 Å². The molecular weight excluding hydrogens is 413 g/mol. The van der Waals surface area contributed by atoms with Crippen LogP contribution in [0.2, 0.25) is 0 Å². The summed E-state index contributed by atoms with van der Waals surface area (Å²) >= 11 is 1.08. The van der Waals surface area contributed by atoms with Crippen LogP contribution in [-0.2, 0) is 20.8 Å². The number of rotatable bonds is 4. The number of anilines is 1. The van der Waals surface area contributed by atoms with E-state index in [4.69, 9.17) is 0 Å². The third kappa shape index (κ3) is 4.07. The molecule has 2 atom stereocenters. The molecule has 0 N–H and O–H groups in total. The number of hydrogen-bond acceptors (Lipinski definition) is 4. The molecule has 0 spiro atoms. The van der Waals surface area contributed by atoms with Gasteiger partial charge in [0.25, 0.3) is 5.91 Å². The highest BCUT2D eigenvalue weighted by molar-refractivity contribution is 8.16. The Balaban J connectivity index is 2.09. The number of fused-ring (bicyclic) bond motifs is 1. The Morgan fingerprint density at radius 2 is 1.89 bits per heavy atom. The molecule has 10 heteroatoms. The second kappa shape index (κ2) is 7.70. The Kier molecular flexibility index (Phi) is 5.82. The fourth-order valence-corrected chi connectivity index (χ4v) is 7.51. The van der Waals surface area contributed by atoms with Gasteiger partial charge in [-0.25, -0.2) is 8.42 Å². The Hall–Kier alpha value is -1.55. The first-order valence-corrected chi connectivity index (χ1v) is 11.7. The van der Waals surface area contributed by atoms with E-state index in [1.807, 2.05) is 13.8 Å². The minimum atomic E-state index is -4.61. The van der Waals surface area contributed by atoms with Crippen molar-refractivity contribution < 1.29 is 26.4 Å². The van der Waals surface area contributed by atoms with E-state index in [1.54, 1.807) is 0 Å². The number of carbonyl (C=O) groups excluding carboxylic acids is 1. The van der Waals surface area contributed by atoms with Crippen molar-refractivity contribution in [3.63, 3.8) is 0 Å². The van der Waals surface area contributed by atoms with Crippen LogP contribution in [0.15, 0.2) is 29.3 Å². The fourth-order valence-electron chi connectivity index (χ4n) is 3.59. The largest absolute Gasteiger partial charge is 0.418 e. The first-order chi connectivity index (χ1) is 13.1. The van der Waals surface area contributed by atoms with E-state index in [0.29, 0.717) is 12.8 Å². The van der Waals surface area contributed by atoms with Gasteiger partial charge in [-0.3, -0.25) is 4.79 Å². The molecule has 0 radical (unpaired) electrons. The van der Waals surface area contributed by atoms with Crippen LogP contribution in [0.3, 0.4) is 0 Å². The molecular formula is C18H21F3N2O3S2. The third-order valence-corrected chi connectivity index (χ3v) is 8.29. The zero-order valence-corrected chi connectivity index (χ0v) is 17.1. The van der Waals surface area contributed by atoms with Crippen molar-refractivity contribution in [1.29, 1.82) is 0 Å². The molecule has 2 aliphatic heterocycles. The molecule has 2 heterocycles. The van der Waals surface area contributed by atoms with E-state index < -0.39 is 32.9 Å². The van der Waals surface area contributed by atoms with Gasteiger partial charge in [-0.1, -0.05) is 37.7 Å². The summed E-state index contributed by atoms with van der Waals surface area (Å²) < 4.78 is 64.8. The topological polar surface area (TPSA) is 66.8 Å². The molecule has 1 aromatic rings. The minimum Gasteiger partial charge on any atom is -0.315 e. The van der Waals surface area contributed by atoms with Gasteiger partial charge in [-0.05, 0) is 25.0 Å². The van der Waals surface area contributed by atoms with E-state index in [0.717, 1.165) is 17.8 Å². The molecule has 28 heavy (non-hydrogen) atoms. The molecule has 0 saturated carbocycles. The van der Waals surface area contributed by atoms with E-state index in [9.17, 15) is 26.4 Å². The first-order valence-electron chi connectivity index (χ1n) is 9.02. The van der Waals surface area contributed by atoms with Crippen LogP contribution in [0.25, 0.3) is 0 Å². The zero-order valence-electron chi connectivity index (χ0n) is 15.4. The normalized spacial score (nSPS) is 25.5. The number of thioether (sulfide) groups is 1. The maximum atomic E-state index is 13.6. The Morgan fingerprint density at radius 3 is 2.50 bits per heavy atom. The second-order valence-electron chi connectivity index (χ2n) is 6.93. The van der Waals surface area contributed by atoms with Crippen LogP contribution in [0, 0.1) is 5.92 Å². The molecule has 0 aliphatic carbocycles. The van der Waals surface area contributed by atoms with Crippen molar-refractivity contribution in [2.24, 2.45) is 10.9 Å². The van der Waals surface area contributed by atoms with Crippen molar-refractivity contribution in [1.82, 2.24) is 0 Å². The van der Waals surface area contributed by atoms with Gasteiger partial charge in [0.15, 0.2) is 15.0 Å². The molecule has 2 fully saturated rings. The average Bonchev–Trinajstić information content (AvgIpc) is 3.06. The average molecular weight is 435 g/mol. The van der Waals surface area contributed by atoms with Crippen LogP contribution >= 0.6 is 11.8 Å². The van der Waals surface area contributed by atoms with E-state index in [2.05, 4.69) is 4.99 Å². The Labute approximate surface area is 166 Å². The smallest absolute Gasteiger partial charge is 0.315 e. The SMILES string of the molecule is CCC(CC)C(=O)N=C1S[C@@H]2CS(=O)(=O)C[C@H]2N1c1ccccc1C(F)(F)F. The Bertz CT molecular complexity index is 896. The monoisotopic (exact) mass is 434 g/mol. The maximum Gasteiger partial charge on any atom is 0.418 e. The second-order valence-corrected chi connectivity index (χ2v) is 10.3. The summed E-state index contributed by atoms with van der Waals surface area (Å²) in [6.45, 7) is 3.71. The summed E-state index contributed by atoms with van der Waals surface area (Å²) in [6, 6.07) is 4.33. The van der Waals surface area contributed by atoms with Crippen molar-refractivity contribution in [3.8, 4) is 0 Å². The standard InChI is InChI=1S/C18H21F3N2O3S2/c1-3-11(4-2)16(24)22-17-23(14-9-28(25,26)10-15(14)27-17)13-8-6-5-7-12(13)18(19,20)21/h5-8,11,14-15H,3-4,9-10H2,1-2H3/t14-,15-/m1/s1. The Morgan fingerprint density at radius 1 is 1.25 bits per heavy atom. The summed E-state index contributed by atoms with van der Waals surface area (Å²) in [5.74, 6) is -1.08. The summed E-state index contributed by atoms with van der Waals surface area (Å²) in [6.07, 6.45) is -3.45. The summed E-state index contributed by atoms with van der Waals surface area (Å²) in [5, 5.41) is -0.293. The minimum absolute atomic E-state index is 0.134. The van der Waals surface area contributed by atoms with E-state index in [-0.39, 0.29) is 34.2 Å². The number of benzene rings is 1. The van der Waals surface area contributed by atoms with Crippen LogP contribution in [0.5, 0.6) is 0 Å². The molecule has 5 nitrogen and oxygen atoms in total. The lowest BCUT2D eigenvalue weighted by Crippen LogP contribution is -2.39. The van der Waals surface area contributed by atoms with Gasteiger partial charge < -0.3 is 4.90 Å². The highest BCUT2D eigenvalue weighted by atomic mass is 32.2. The van der Waals surface area contributed by atoms with Gasteiger partial charge >= 0.3 is 6.18 Å². The van der Waals surface area contributed by atoms with Crippen molar-refractivity contribution in [3.05, 3.63) is 29.8 Å². The molecule has 3 rings (SSSR count). The lowest BCUT2D eigenvalue weighted by atomic mass is 10.0. The number of alkyl halides is 3. The fraction of sp³-hybridized carbons (Fsp3) is 0.556. The van der Waals surface area contributed by atoms with Gasteiger partial charge in [0.05, 0.1) is 28.8 Å². The predicted molar refractivity (Wildman–Crippen MR) is 104 cm³/mol. The lowest BCUT2D eigenvalue weighted by molar-refractivity contribution is -0.137. The van der Waals surface area contributed by atoms with Crippen LogP contribution in [-0.4, -0.2) is 42.3 Å². The number of amidine groups is 1. The predicted octanol–water partition coefficient (Wildman–Crippen LogP) is 3.74. The molecule has 2 saturated heterocycles. The molecule has 154 valence electrons. The van der Waals surface area contributed by atoms with Crippen molar-refractivity contribution in [2.45, 2.75) is 44.2 Å². The molecule has 0 aromatic heterocycles. The number of aliphatic imine (C=N–C) groups is 1. The van der Waals surface area contributed by atoms with Gasteiger partial charge in [-0.15, -0.1) is 0 Å². The van der Waals surface area contributed by atoms with Crippen molar-refractivity contribution >= 4 is 38.4 Å². The number of nitrogens with zero attached hydrogens (tertiary/aromatic N) is 2. The van der Waals surface area contributed by atoms with Gasteiger partial charge in [0.2, 0.25) is 0 Å². The summed E-state index contributed by atoms with van der Waals surface area (Å²) in [7, 11) is -3.36. The summed E-state index contributed by atoms with van der Waals surface area (Å²) in [4.78, 5) is 17.9. The van der Waals surface area contributed by atoms with E-state index >= 15 is 0 Å². The zero-order chi connectivity index (χ0) is 20.7. The molecule has 2 aliphatic rings. The highest BCUT2D eigenvalue weighted by Gasteiger charge is 2.51. The van der Waals surface area contributed by atoms with Crippen LogP contribution in [0.4, 0.5) is 18.9 Å². The van der Waals surface area contributed by atoms with Gasteiger partial charge in [0, 0.05) is 11.2 Å². The molecule has 1 aromatic carbocycles. The molecule has 0 unspecified atom stereocenters.